The predicted octanol–water partition coefficient (Wildman–Crippen LogP) is 2.65. The molecule has 10 nitrogen and oxygen atoms in total. The van der Waals surface area contributed by atoms with E-state index in [0.29, 0.717) is 73.3 Å². The molecule has 1 aliphatic heterocycles. The first-order chi connectivity index (χ1) is 15.9. The number of fused-ring (bicyclic) bond motifs is 1. The summed E-state index contributed by atoms with van der Waals surface area (Å²) in [5.41, 5.74) is 1.17. The van der Waals surface area contributed by atoms with Crippen LogP contribution in [0.3, 0.4) is 0 Å². The SMILES string of the molecule is CCN(CC)S(=O)(=O)c1ccc(NC(=O)c2c(C)oc3ncnc(N4CCOCC4)c23)cc1. The van der Waals surface area contributed by atoms with Gasteiger partial charge < -0.3 is 19.4 Å². The number of nitrogens with one attached hydrogen (secondary N) is 1. The van der Waals surface area contributed by atoms with Crippen molar-refractivity contribution in [3.05, 3.63) is 41.9 Å². The molecular weight excluding hydrogens is 446 g/mol. The highest BCUT2D eigenvalue weighted by molar-refractivity contribution is 7.89. The highest BCUT2D eigenvalue weighted by Gasteiger charge is 2.26. The average molecular weight is 474 g/mol. The third-order valence-corrected chi connectivity index (χ3v) is 7.70. The van der Waals surface area contributed by atoms with E-state index in [-0.39, 0.29) is 10.8 Å². The van der Waals surface area contributed by atoms with Crippen LogP contribution in [-0.4, -0.2) is 68.0 Å². The smallest absolute Gasteiger partial charge is 0.260 e. The Morgan fingerprint density at radius 1 is 1.12 bits per heavy atom. The van der Waals surface area contributed by atoms with E-state index < -0.39 is 10.0 Å². The molecule has 3 aromatic rings. The first-order valence-electron chi connectivity index (χ1n) is 10.8. The second kappa shape index (κ2) is 9.46. The number of benzene rings is 1. The summed E-state index contributed by atoms with van der Waals surface area (Å²) in [6.07, 6.45) is 1.42. The molecule has 1 saturated heterocycles. The van der Waals surface area contributed by atoms with Gasteiger partial charge in [0.2, 0.25) is 15.7 Å². The molecule has 0 saturated carbocycles. The van der Waals surface area contributed by atoms with Crippen molar-refractivity contribution in [1.29, 1.82) is 0 Å². The van der Waals surface area contributed by atoms with Crippen molar-refractivity contribution in [2.75, 3.05) is 49.6 Å². The predicted molar refractivity (Wildman–Crippen MR) is 124 cm³/mol. The third kappa shape index (κ3) is 4.43. The molecule has 0 unspecified atom stereocenters. The third-order valence-electron chi connectivity index (χ3n) is 5.64. The number of hydrogen-bond acceptors (Lipinski definition) is 8. The fourth-order valence-electron chi connectivity index (χ4n) is 3.93. The van der Waals surface area contributed by atoms with Crippen molar-refractivity contribution in [2.45, 2.75) is 25.7 Å². The fraction of sp³-hybridized carbons (Fsp3) is 0.409. The highest BCUT2D eigenvalue weighted by Crippen LogP contribution is 2.32. The Bertz CT molecular complexity index is 1250. The van der Waals surface area contributed by atoms with Gasteiger partial charge in [-0.3, -0.25) is 4.79 Å². The van der Waals surface area contributed by atoms with E-state index in [4.69, 9.17) is 9.15 Å². The normalized spacial score (nSPS) is 14.7. The van der Waals surface area contributed by atoms with Gasteiger partial charge >= 0.3 is 0 Å². The van der Waals surface area contributed by atoms with Gasteiger partial charge in [0.05, 0.1) is 29.1 Å². The molecular formula is C22H27N5O5S. The highest BCUT2D eigenvalue weighted by atomic mass is 32.2. The monoisotopic (exact) mass is 473 g/mol. The molecule has 4 rings (SSSR count). The van der Waals surface area contributed by atoms with E-state index in [0.717, 1.165) is 0 Å². The number of rotatable bonds is 7. The lowest BCUT2D eigenvalue weighted by Gasteiger charge is -2.28. The number of anilines is 2. The van der Waals surface area contributed by atoms with Gasteiger partial charge in [-0.15, -0.1) is 0 Å². The molecule has 0 bridgehead atoms. The second-order valence-corrected chi connectivity index (χ2v) is 9.52. The summed E-state index contributed by atoms with van der Waals surface area (Å²) < 4.78 is 37.9. The number of carbonyl (C=O) groups excluding carboxylic acids is 1. The summed E-state index contributed by atoms with van der Waals surface area (Å²) in [5, 5.41) is 3.39. The number of ether oxygens (including phenoxy) is 1. The Labute approximate surface area is 192 Å². The van der Waals surface area contributed by atoms with Gasteiger partial charge in [-0.05, 0) is 31.2 Å². The van der Waals surface area contributed by atoms with Gasteiger partial charge in [-0.1, -0.05) is 13.8 Å². The standard InChI is InChI=1S/C22H27N5O5S/c1-4-27(5-2)33(29,30)17-8-6-16(7-9-17)25-21(28)18-15(3)32-22-19(18)20(23-14-24-22)26-10-12-31-13-11-26/h6-9,14H,4-5,10-13H2,1-3H3,(H,25,28). The van der Waals surface area contributed by atoms with Gasteiger partial charge in [0.1, 0.15) is 17.9 Å². The van der Waals surface area contributed by atoms with Crippen LogP contribution in [0.1, 0.15) is 30.0 Å². The molecule has 1 N–H and O–H groups in total. The van der Waals surface area contributed by atoms with Crippen LogP contribution in [0.2, 0.25) is 0 Å². The van der Waals surface area contributed by atoms with Crippen LogP contribution in [0.25, 0.3) is 11.1 Å². The van der Waals surface area contributed by atoms with Crippen molar-refractivity contribution in [3.8, 4) is 0 Å². The number of morpholine rings is 1. The number of aryl methyl sites for hydroxylation is 1. The Balaban J connectivity index is 1.63. The summed E-state index contributed by atoms with van der Waals surface area (Å²) in [6, 6.07) is 6.13. The van der Waals surface area contributed by atoms with Crippen LogP contribution in [0.4, 0.5) is 11.5 Å². The molecule has 1 aliphatic rings. The maximum atomic E-state index is 13.2. The van der Waals surface area contributed by atoms with Crippen molar-refractivity contribution in [2.24, 2.45) is 0 Å². The van der Waals surface area contributed by atoms with Gasteiger partial charge in [-0.25, -0.2) is 18.4 Å². The summed E-state index contributed by atoms with van der Waals surface area (Å²) >= 11 is 0. The largest absolute Gasteiger partial charge is 0.442 e. The molecule has 1 amide bonds. The molecule has 0 aliphatic carbocycles. The summed E-state index contributed by atoms with van der Waals surface area (Å²) in [5.74, 6) is 0.680. The summed E-state index contributed by atoms with van der Waals surface area (Å²) in [6.45, 7) is 8.53. The van der Waals surface area contributed by atoms with E-state index >= 15 is 0 Å². The zero-order valence-corrected chi connectivity index (χ0v) is 19.7. The minimum Gasteiger partial charge on any atom is -0.442 e. The zero-order chi connectivity index (χ0) is 23.6. The maximum absolute atomic E-state index is 13.2. The number of nitrogens with zero attached hydrogens (tertiary/aromatic N) is 4. The van der Waals surface area contributed by atoms with E-state index in [2.05, 4.69) is 15.3 Å². The van der Waals surface area contributed by atoms with Crippen LogP contribution in [0, 0.1) is 6.92 Å². The van der Waals surface area contributed by atoms with Gasteiger partial charge in [-0.2, -0.15) is 4.31 Å². The minimum absolute atomic E-state index is 0.178. The molecule has 1 aromatic carbocycles. The number of hydrogen-bond donors (Lipinski definition) is 1. The number of carbonyl (C=O) groups is 1. The molecule has 1 fully saturated rings. The molecule has 176 valence electrons. The number of aromatic nitrogens is 2. The molecule has 2 aromatic heterocycles. The van der Waals surface area contributed by atoms with Gasteiger partial charge in [0.25, 0.3) is 5.91 Å². The topological polar surface area (TPSA) is 118 Å². The first kappa shape index (κ1) is 23.1. The minimum atomic E-state index is -3.57. The van der Waals surface area contributed by atoms with Crippen molar-refractivity contribution in [3.63, 3.8) is 0 Å². The maximum Gasteiger partial charge on any atom is 0.260 e. The quantitative estimate of drug-likeness (QED) is 0.556. The lowest BCUT2D eigenvalue weighted by molar-refractivity contribution is 0.102. The van der Waals surface area contributed by atoms with E-state index in [1.807, 2.05) is 4.90 Å². The van der Waals surface area contributed by atoms with Crippen molar-refractivity contribution in [1.82, 2.24) is 14.3 Å². The average Bonchev–Trinajstić information content (AvgIpc) is 3.16. The zero-order valence-electron chi connectivity index (χ0n) is 18.9. The van der Waals surface area contributed by atoms with Crippen molar-refractivity contribution >= 4 is 38.5 Å². The van der Waals surface area contributed by atoms with E-state index in [1.54, 1.807) is 32.9 Å². The van der Waals surface area contributed by atoms with Crippen LogP contribution in [0.5, 0.6) is 0 Å². The second-order valence-electron chi connectivity index (χ2n) is 7.58. The Morgan fingerprint density at radius 2 is 1.79 bits per heavy atom. The summed E-state index contributed by atoms with van der Waals surface area (Å²) in [4.78, 5) is 24.1. The van der Waals surface area contributed by atoms with Gasteiger partial charge in [0.15, 0.2) is 0 Å². The Hall–Kier alpha value is -3.02. The van der Waals surface area contributed by atoms with Crippen LogP contribution in [0.15, 0.2) is 39.9 Å². The van der Waals surface area contributed by atoms with E-state index in [9.17, 15) is 13.2 Å². The van der Waals surface area contributed by atoms with Crippen molar-refractivity contribution < 1.29 is 22.4 Å². The first-order valence-corrected chi connectivity index (χ1v) is 12.3. The molecule has 0 atom stereocenters. The van der Waals surface area contributed by atoms with Crippen LogP contribution >= 0.6 is 0 Å². The Morgan fingerprint density at radius 3 is 2.42 bits per heavy atom. The van der Waals surface area contributed by atoms with Gasteiger partial charge in [0, 0.05) is 31.9 Å². The fourth-order valence-corrected chi connectivity index (χ4v) is 5.39. The number of furan rings is 1. The van der Waals surface area contributed by atoms with Crippen LogP contribution in [-0.2, 0) is 14.8 Å². The summed E-state index contributed by atoms with van der Waals surface area (Å²) in [7, 11) is -3.57. The molecule has 33 heavy (non-hydrogen) atoms. The number of sulfonamides is 1. The molecule has 0 spiro atoms. The molecule has 11 heteroatoms. The lowest BCUT2D eigenvalue weighted by atomic mass is 10.1. The Kier molecular flexibility index (Phi) is 6.63. The van der Waals surface area contributed by atoms with Crippen LogP contribution < -0.4 is 10.2 Å². The van der Waals surface area contributed by atoms with E-state index in [1.165, 1.54) is 22.8 Å². The molecule has 0 radical (unpaired) electrons. The number of amides is 1. The molecule has 3 heterocycles. The lowest BCUT2D eigenvalue weighted by Crippen LogP contribution is -2.37.